The first kappa shape index (κ1) is 15.4. The number of hydrogen-bond acceptors (Lipinski definition) is 3. The van der Waals surface area contributed by atoms with Crippen molar-refractivity contribution < 1.29 is 9.53 Å². The molecule has 23 heavy (non-hydrogen) atoms. The third-order valence-corrected chi connectivity index (χ3v) is 3.82. The fourth-order valence-corrected chi connectivity index (χ4v) is 2.57. The average molecular weight is 330 g/mol. The van der Waals surface area contributed by atoms with E-state index in [4.69, 9.17) is 16.3 Å². The van der Waals surface area contributed by atoms with E-state index in [0.29, 0.717) is 28.6 Å². The number of nitrogens with one attached hydrogen (secondary N) is 1. The number of hydrogen-bond donors (Lipinski definition) is 1. The summed E-state index contributed by atoms with van der Waals surface area (Å²) in [6.07, 6.45) is 1.75. The van der Waals surface area contributed by atoms with Gasteiger partial charge in [-0.15, -0.1) is 0 Å². The summed E-state index contributed by atoms with van der Waals surface area (Å²) < 4.78 is 6.86. The molecule has 6 heteroatoms. The Hall–Kier alpha value is -2.53. The van der Waals surface area contributed by atoms with Crippen molar-refractivity contribution >= 4 is 23.2 Å². The SMILES string of the molecule is COc1ccc(CNC(=O)c2c(C)nc3cc(Cl)ccn23)cc1. The number of amides is 1. The van der Waals surface area contributed by atoms with E-state index < -0.39 is 0 Å². The third-order valence-electron chi connectivity index (χ3n) is 3.59. The highest BCUT2D eigenvalue weighted by Crippen LogP contribution is 2.17. The lowest BCUT2D eigenvalue weighted by molar-refractivity contribution is 0.0944. The summed E-state index contributed by atoms with van der Waals surface area (Å²) in [4.78, 5) is 16.9. The fraction of sp³-hybridized carbons (Fsp3) is 0.176. The lowest BCUT2D eigenvalue weighted by Crippen LogP contribution is -2.24. The average Bonchev–Trinajstić information content (AvgIpc) is 2.88. The number of aryl methyl sites for hydroxylation is 1. The zero-order valence-electron chi connectivity index (χ0n) is 12.8. The summed E-state index contributed by atoms with van der Waals surface area (Å²) in [7, 11) is 1.62. The standard InChI is InChI=1S/C17H16ClN3O2/c1-11-16(21-8-7-13(18)9-15(21)20-11)17(22)19-10-12-3-5-14(23-2)6-4-12/h3-9H,10H2,1-2H3,(H,19,22). The molecule has 1 aromatic carbocycles. The second-order valence-electron chi connectivity index (χ2n) is 5.15. The molecule has 118 valence electrons. The molecule has 0 bridgehead atoms. The first-order chi connectivity index (χ1) is 11.1. The van der Waals surface area contributed by atoms with E-state index in [2.05, 4.69) is 10.3 Å². The van der Waals surface area contributed by atoms with E-state index in [-0.39, 0.29) is 5.91 Å². The summed E-state index contributed by atoms with van der Waals surface area (Å²) in [5, 5.41) is 3.50. The number of benzene rings is 1. The van der Waals surface area contributed by atoms with E-state index >= 15 is 0 Å². The van der Waals surface area contributed by atoms with E-state index in [1.807, 2.05) is 31.2 Å². The highest BCUT2D eigenvalue weighted by atomic mass is 35.5. The maximum Gasteiger partial charge on any atom is 0.270 e. The van der Waals surface area contributed by atoms with E-state index in [1.54, 1.807) is 29.8 Å². The van der Waals surface area contributed by atoms with E-state index in [9.17, 15) is 4.79 Å². The lowest BCUT2D eigenvalue weighted by atomic mass is 10.2. The van der Waals surface area contributed by atoms with Crippen LogP contribution < -0.4 is 10.1 Å². The number of halogens is 1. The van der Waals surface area contributed by atoms with Crippen molar-refractivity contribution in [2.45, 2.75) is 13.5 Å². The Kier molecular flexibility index (Phi) is 4.21. The molecule has 0 saturated carbocycles. The number of carbonyl (C=O) groups is 1. The number of methoxy groups -OCH3 is 1. The van der Waals surface area contributed by atoms with Crippen LogP contribution in [0.15, 0.2) is 42.6 Å². The van der Waals surface area contributed by atoms with Gasteiger partial charge in [0.25, 0.3) is 5.91 Å². The van der Waals surface area contributed by atoms with Crippen LogP contribution >= 0.6 is 11.6 Å². The highest BCUT2D eigenvalue weighted by molar-refractivity contribution is 6.30. The lowest BCUT2D eigenvalue weighted by Gasteiger charge is -2.07. The van der Waals surface area contributed by atoms with Crippen molar-refractivity contribution in [2.75, 3.05) is 7.11 Å². The van der Waals surface area contributed by atoms with Crippen LogP contribution in [-0.4, -0.2) is 22.4 Å². The predicted molar refractivity (Wildman–Crippen MR) is 89.1 cm³/mol. The molecule has 3 aromatic rings. The number of fused-ring (bicyclic) bond motifs is 1. The minimum atomic E-state index is -0.173. The van der Waals surface area contributed by atoms with Gasteiger partial charge in [0.2, 0.25) is 0 Å². The van der Waals surface area contributed by atoms with Crippen LogP contribution in [0.3, 0.4) is 0 Å². The predicted octanol–water partition coefficient (Wildman–Crippen LogP) is 3.23. The molecule has 0 saturated heterocycles. The molecule has 1 N–H and O–H groups in total. The van der Waals surface area contributed by atoms with Gasteiger partial charge in [0.05, 0.1) is 12.8 Å². The number of imidazole rings is 1. The molecule has 1 amide bonds. The largest absolute Gasteiger partial charge is 0.497 e. The van der Waals surface area contributed by atoms with Crippen LogP contribution in [0, 0.1) is 6.92 Å². The molecule has 0 spiro atoms. The van der Waals surface area contributed by atoms with E-state index in [0.717, 1.165) is 11.3 Å². The number of ether oxygens (including phenoxy) is 1. The van der Waals surface area contributed by atoms with Crippen LogP contribution in [0.1, 0.15) is 21.7 Å². The first-order valence-corrected chi connectivity index (χ1v) is 7.51. The van der Waals surface area contributed by atoms with E-state index in [1.165, 1.54) is 0 Å². The number of aromatic nitrogens is 2. The van der Waals surface area contributed by atoms with Crippen molar-refractivity contribution in [1.29, 1.82) is 0 Å². The van der Waals surface area contributed by atoms with Gasteiger partial charge < -0.3 is 10.1 Å². The quantitative estimate of drug-likeness (QED) is 0.799. The monoisotopic (exact) mass is 329 g/mol. The van der Waals surface area contributed by atoms with Crippen molar-refractivity contribution in [3.05, 3.63) is 64.6 Å². The Morgan fingerprint density at radius 3 is 2.74 bits per heavy atom. The summed E-state index contributed by atoms with van der Waals surface area (Å²) >= 11 is 5.96. The van der Waals surface area contributed by atoms with Gasteiger partial charge in [-0.3, -0.25) is 9.20 Å². The second-order valence-corrected chi connectivity index (χ2v) is 5.59. The smallest absolute Gasteiger partial charge is 0.270 e. The molecular formula is C17H16ClN3O2. The Morgan fingerprint density at radius 2 is 2.04 bits per heavy atom. The summed E-state index contributed by atoms with van der Waals surface area (Å²) in [6, 6.07) is 11.0. The van der Waals surface area contributed by atoms with Crippen LogP contribution in [0.4, 0.5) is 0 Å². The molecule has 0 radical (unpaired) electrons. The van der Waals surface area contributed by atoms with Gasteiger partial charge in [0, 0.05) is 23.8 Å². The number of rotatable bonds is 4. The highest BCUT2D eigenvalue weighted by Gasteiger charge is 2.16. The second kappa shape index (κ2) is 6.30. The molecule has 3 rings (SSSR count). The van der Waals surface area contributed by atoms with Crippen molar-refractivity contribution in [3.8, 4) is 5.75 Å². The maximum atomic E-state index is 12.5. The maximum absolute atomic E-state index is 12.5. The van der Waals surface area contributed by atoms with Crippen LogP contribution in [0.25, 0.3) is 5.65 Å². The fourth-order valence-electron chi connectivity index (χ4n) is 2.42. The number of carbonyl (C=O) groups excluding carboxylic acids is 1. The molecule has 0 fully saturated rings. The normalized spacial score (nSPS) is 10.7. The number of nitrogens with zero attached hydrogens (tertiary/aromatic N) is 2. The molecule has 0 aliphatic heterocycles. The molecule has 2 heterocycles. The molecule has 0 atom stereocenters. The molecule has 2 aromatic heterocycles. The van der Waals surface area contributed by atoms with Gasteiger partial charge in [-0.1, -0.05) is 23.7 Å². The Morgan fingerprint density at radius 1 is 1.30 bits per heavy atom. The summed E-state index contributed by atoms with van der Waals surface area (Å²) in [5.74, 6) is 0.614. The molecular weight excluding hydrogens is 314 g/mol. The van der Waals surface area contributed by atoms with Gasteiger partial charge in [0.15, 0.2) is 0 Å². The van der Waals surface area contributed by atoms with Gasteiger partial charge >= 0.3 is 0 Å². The Balaban J connectivity index is 1.79. The van der Waals surface area contributed by atoms with Crippen molar-refractivity contribution in [1.82, 2.24) is 14.7 Å². The molecule has 0 aliphatic rings. The number of pyridine rings is 1. The third kappa shape index (κ3) is 3.14. The van der Waals surface area contributed by atoms with Gasteiger partial charge in [0.1, 0.15) is 17.1 Å². The zero-order chi connectivity index (χ0) is 16.4. The minimum Gasteiger partial charge on any atom is -0.497 e. The molecule has 0 aliphatic carbocycles. The van der Waals surface area contributed by atoms with Crippen molar-refractivity contribution in [3.63, 3.8) is 0 Å². The van der Waals surface area contributed by atoms with Crippen LogP contribution in [0.2, 0.25) is 5.02 Å². The molecule has 0 unspecified atom stereocenters. The van der Waals surface area contributed by atoms with Gasteiger partial charge in [-0.25, -0.2) is 4.98 Å². The Bertz CT molecular complexity index is 856. The topological polar surface area (TPSA) is 55.6 Å². The summed E-state index contributed by atoms with van der Waals surface area (Å²) in [5.41, 5.74) is 2.84. The van der Waals surface area contributed by atoms with Crippen molar-refractivity contribution in [2.24, 2.45) is 0 Å². The minimum absolute atomic E-state index is 0.173. The summed E-state index contributed by atoms with van der Waals surface area (Å²) in [6.45, 7) is 2.24. The first-order valence-electron chi connectivity index (χ1n) is 7.14. The van der Waals surface area contributed by atoms with Gasteiger partial charge in [-0.05, 0) is 30.7 Å². The van der Waals surface area contributed by atoms with Crippen LogP contribution in [-0.2, 0) is 6.54 Å². The van der Waals surface area contributed by atoms with Crippen LogP contribution in [0.5, 0.6) is 5.75 Å². The molecule has 5 nitrogen and oxygen atoms in total. The zero-order valence-corrected chi connectivity index (χ0v) is 13.6. The Labute approximate surface area is 138 Å². The van der Waals surface area contributed by atoms with Gasteiger partial charge in [-0.2, -0.15) is 0 Å².